The molecule has 1 aromatic carbocycles. The zero-order chi connectivity index (χ0) is 19.8. The highest BCUT2D eigenvalue weighted by atomic mass is 16.5. The van der Waals surface area contributed by atoms with Gasteiger partial charge in [0.15, 0.2) is 11.7 Å². The predicted octanol–water partition coefficient (Wildman–Crippen LogP) is 4.34. The number of fused-ring (bicyclic) bond motifs is 1. The normalized spacial score (nSPS) is 17.3. The summed E-state index contributed by atoms with van der Waals surface area (Å²) in [5.74, 6) is 2.99. The lowest BCUT2D eigenvalue weighted by Gasteiger charge is -2.24. The van der Waals surface area contributed by atoms with Gasteiger partial charge in [-0.1, -0.05) is 29.8 Å². The molecule has 6 heteroatoms. The molecule has 29 heavy (non-hydrogen) atoms. The van der Waals surface area contributed by atoms with Crippen LogP contribution in [0.25, 0.3) is 11.3 Å². The van der Waals surface area contributed by atoms with Gasteiger partial charge < -0.3 is 18.5 Å². The third kappa shape index (κ3) is 3.60. The van der Waals surface area contributed by atoms with Gasteiger partial charge in [-0.25, -0.2) is 4.98 Å². The average molecular weight is 392 g/mol. The van der Waals surface area contributed by atoms with Gasteiger partial charge >= 0.3 is 0 Å². The molecule has 0 spiro atoms. The standard InChI is InChI=1S/C23H24N2O4/c1-15-2-4-16(5-3-15)19-6-7-21(28-19)23(26)25-11-8-20-18(14-25)24-22(29-20)17-9-12-27-13-10-17/h2-7,17H,8-14H2,1H3. The molecule has 0 N–H and O–H groups in total. The highest BCUT2D eigenvalue weighted by Crippen LogP contribution is 2.31. The summed E-state index contributed by atoms with van der Waals surface area (Å²) in [7, 11) is 0. The lowest BCUT2D eigenvalue weighted by molar-refractivity contribution is 0.0695. The van der Waals surface area contributed by atoms with Crippen molar-refractivity contribution in [1.29, 1.82) is 0 Å². The van der Waals surface area contributed by atoms with Crippen molar-refractivity contribution in [2.24, 2.45) is 0 Å². The third-order valence-electron chi connectivity index (χ3n) is 5.75. The van der Waals surface area contributed by atoms with Crippen molar-refractivity contribution in [3.05, 3.63) is 65.1 Å². The molecule has 0 saturated carbocycles. The summed E-state index contributed by atoms with van der Waals surface area (Å²) in [6.45, 7) is 4.62. The van der Waals surface area contributed by atoms with Crippen LogP contribution in [0.2, 0.25) is 0 Å². The minimum Gasteiger partial charge on any atom is -0.451 e. The van der Waals surface area contributed by atoms with Crippen LogP contribution in [-0.2, 0) is 17.7 Å². The number of carbonyl (C=O) groups excluding carboxylic acids is 1. The van der Waals surface area contributed by atoms with Crippen molar-refractivity contribution in [2.45, 2.75) is 38.6 Å². The number of hydrogen-bond acceptors (Lipinski definition) is 5. The molecule has 1 amide bonds. The number of aromatic nitrogens is 1. The first-order valence-electron chi connectivity index (χ1n) is 10.2. The fourth-order valence-electron chi connectivity index (χ4n) is 3.99. The number of oxazole rings is 1. The van der Waals surface area contributed by atoms with E-state index >= 15 is 0 Å². The minimum absolute atomic E-state index is 0.107. The maximum absolute atomic E-state index is 13.0. The number of nitrogens with zero attached hydrogens (tertiary/aromatic N) is 2. The number of furan rings is 1. The fourth-order valence-corrected chi connectivity index (χ4v) is 3.99. The molecule has 150 valence electrons. The van der Waals surface area contributed by atoms with E-state index < -0.39 is 0 Å². The summed E-state index contributed by atoms with van der Waals surface area (Å²) in [6.07, 6.45) is 2.56. The van der Waals surface area contributed by atoms with E-state index in [0.29, 0.717) is 36.9 Å². The Bertz CT molecular complexity index is 1010. The highest BCUT2D eigenvalue weighted by molar-refractivity contribution is 5.92. The summed E-state index contributed by atoms with van der Waals surface area (Å²) < 4.78 is 17.3. The Hall–Kier alpha value is -2.86. The lowest BCUT2D eigenvalue weighted by atomic mass is 10.0. The molecule has 4 heterocycles. The lowest BCUT2D eigenvalue weighted by Crippen LogP contribution is -2.35. The predicted molar refractivity (Wildman–Crippen MR) is 107 cm³/mol. The van der Waals surface area contributed by atoms with Gasteiger partial charge in [-0.05, 0) is 31.9 Å². The SMILES string of the molecule is Cc1ccc(-c2ccc(C(=O)N3CCc4oc(C5CCOCC5)nc4C3)o2)cc1. The Morgan fingerprint density at radius 2 is 1.86 bits per heavy atom. The van der Waals surface area contributed by atoms with E-state index in [-0.39, 0.29) is 5.91 Å². The monoisotopic (exact) mass is 392 g/mol. The molecule has 3 aromatic rings. The van der Waals surface area contributed by atoms with Crippen molar-refractivity contribution in [3.63, 3.8) is 0 Å². The second-order valence-electron chi connectivity index (χ2n) is 7.82. The molecule has 2 aromatic heterocycles. The number of rotatable bonds is 3. The van der Waals surface area contributed by atoms with Crippen LogP contribution in [0.1, 0.15) is 52.2 Å². The Labute approximate surface area is 169 Å². The number of ether oxygens (including phenoxy) is 1. The van der Waals surface area contributed by atoms with Crippen molar-refractivity contribution in [1.82, 2.24) is 9.88 Å². The van der Waals surface area contributed by atoms with Crippen molar-refractivity contribution >= 4 is 5.91 Å². The van der Waals surface area contributed by atoms with E-state index in [4.69, 9.17) is 18.6 Å². The van der Waals surface area contributed by atoms with E-state index in [9.17, 15) is 4.79 Å². The van der Waals surface area contributed by atoms with Gasteiger partial charge in [0.2, 0.25) is 0 Å². The van der Waals surface area contributed by atoms with Crippen LogP contribution in [-0.4, -0.2) is 35.5 Å². The van der Waals surface area contributed by atoms with Crippen molar-refractivity contribution < 1.29 is 18.4 Å². The maximum atomic E-state index is 13.0. The quantitative estimate of drug-likeness (QED) is 0.663. The number of amides is 1. The van der Waals surface area contributed by atoms with E-state index in [0.717, 1.165) is 49.0 Å². The molecule has 0 atom stereocenters. The summed E-state index contributed by atoms with van der Waals surface area (Å²) in [6, 6.07) is 11.7. The summed E-state index contributed by atoms with van der Waals surface area (Å²) >= 11 is 0. The Balaban J connectivity index is 1.31. The van der Waals surface area contributed by atoms with Gasteiger partial charge in [-0.3, -0.25) is 4.79 Å². The first-order valence-corrected chi connectivity index (χ1v) is 10.2. The smallest absolute Gasteiger partial charge is 0.289 e. The van der Waals surface area contributed by atoms with Crippen LogP contribution in [0.15, 0.2) is 45.2 Å². The minimum atomic E-state index is -0.107. The van der Waals surface area contributed by atoms with Crippen LogP contribution in [0.3, 0.4) is 0 Å². The largest absolute Gasteiger partial charge is 0.451 e. The molecule has 1 saturated heterocycles. The Morgan fingerprint density at radius 1 is 1.07 bits per heavy atom. The average Bonchev–Trinajstić information content (AvgIpc) is 3.41. The van der Waals surface area contributed by atoms with Gasteiger partial charge in [0.25, 0.3) is 5.91 Å². The van der Waals surface area contributed by atoms with Gasteiger partial charge in [0.1, 0.15) is 17.2 Å². The van der Waals surface area contributed by atoms with Crippen LogP contribution < -0.4 is 0 Å². The topological polar surface area (TPSA) is 68.7 Å². The number of carbonyl (C=O) groups is 1. The third-order valence-corrected chi connectivity index (χ3v) is 5.75. The first kappa shape index (κ1) is 18.2. The van der Waals surface area contributed by atoms with Crippen LogP contribution in [0.5, 0.6) is 0 Å². The zero-order valence-corrected chi connectivity index (χ0v) is 16.5. The Kier molecular flexibility index (Phi) is 4.72. The zero-order valence-electron chi connectivity index (χ0n) is 16.5. The van der Waals surface area contributed by atoms with E-state index in [1.807, 2.05) is 37.3 Å². The first-order chi connectivity index (χ1) is 14.2. The second-order valence-corrected chi connectivity index (χ2v) is 7.82. The summed E-state index contributed by atoms with van der Waals surface area (Å²) in [4.78, 5) is 19.5. The van der Waals surface area contributed by atoms with Crippen LogP contribution in [0.4, 0.5) is 0 Å². The maximum Gasteiger partial charge on any atom is 0.289 e. The van der Waals surface area contributed by atoms with E-state index in [1.165, 1.54) is 5.56 Å². The molecule has 1 fully saturated rings. The molecule has 0 aliphatic carbocycles. The van der Waals surface area contributed by atoms with Gasteiger partial charge in [-0.15, -0.1) is 0 Å². The van der Waals surface area contributed by atoms with E-state index in [1.54, 1.807) is 11.0 Å². The molecule has 2 aliphatic rings. The molecule has 2 aliphatic heterocycles. The number of benzene rings is 1. The Morgan fingerprint density at radius 3 is 2.66 bits per heavy atom. The van der Waals surface area contributed by atoms with Crippen LogP contribution >= 0.6 is 0 Å². The molecular weight excluding hydrogens is 368 g/mol. The number of hydrogen-bond donors (Lipinski definition) is 0. The van der Waals surface area contributed by atoms with Crippen molar-refractivity contribution in [3.8, 4) is 11.3 Å². The van der Waals surface area contributed by atoms with E-state index in [2.05, 4.69) is 0 Å². The van der Waals surface area contributed by atoms with Gasteiger partial charge in [0.05, 0.1) is 6.54 Å². The van der Waals surface area contributed by atoms with Gasteiger partial charge in [0, 0.05) is 37.7 Å². The summed E-state index contributed by atoms with van der Waals surface area (Å²) in [5, 5.41) is 0. The molecule has 0 radical (unpaired) electrons. The van der Waals surface area contributed by atoms with Gasteiger partial charge in [-0.2, -0.15) is 0 Å². The molecule has 0 bridgehead atoms. The van der Waals surface area contributed by atoms with Crippen molar-refractivity contribution in [2.75, 3.05) is 19.8 Å². The molecule has 6 nitrogen and oxygen atoms in total. The molecule has 0 unspecified atom stereocenters. The van der Waals surface area contributed by atoms with Crippen LogP contribution in [0, 0.1) is 6.92 Å². The fraction of sp³-hybridized carbons (Fsp3) is 0.391. The molecule has 5 rings (SSSR count). The summed E-state index contributed by atoms with van der Waals surface area (Å²) in [5.41, 5.74) is 3.03. The number of aryl methyl sites for hydroxylation is 1. The highest BCUT2D eigenvalue weighted by Gasteiger charge is 2.30. The molecular formula is C23H24N2O4. The second kappa shape index (κ2) is 7.52.